The van der Waals surface area contributed by atoms with E-state index in [0.29, 0.717) is 11.3 Å². The molecule has 1 fully saturated rings. The molecule has 2 aromatic carbocycles. The van der Waals surface area contributed by atoms with Crippen molar-refractivity contribution >= 4 is 16.0 Å². The molecule has 1 heterocycles. The van der Waals surface area contributed by atoms with Crippen LogP contribution in [0.1, 0.15) is 11.1 Å². The quantitative estimate of drug-likeness (QED) is 0.732. The van der Waals surface area contributed by atoms with E-state index in [1.165, 1.54) is 32.4 Å². The molecule has 0 amide bonds. The highest BCUT2D eigenvalue weighted by molar-refractivity contribution is 7.89. The van der Waals surface area contributed by atoms with E-state index in [0.717, 1.165) is 10.4 Å². The van der Waals surface area contributed by atoms with E-state index < -0.39 is 39.1 Å². The summed E-state index contributed by atoms with van der Waals surface area (Å²) in [6.07, 6.45) is 0. The number of benzene rings is 2. The number of carboxylic acid groups (broad SMARTS) is 1. The Hall–Kier alpha value is -2.49. The highest BCUT2D eigenvalue weighted by atomic mass is 32.2. The molecule has 3 rings (SSSR count). The zero-order valence-corrected chi connectivity index (χ0v) is 16.9. The maximum atomic E-state index is 14.5. The van der Waals surface area contributed by atoms with Gasteiger partial charge < -0.3 is 14.6 Å². The largest absolute Gasteiger partial charge is 0.497 e. The molecule has 0 bridgehead atoms. The first-order valence-electron chi connectivity index (χ1n) is 8.87. The molecular formula is C20H22FNO6S. The minimum Gasteiger partial charge on any atom is -0.497 e. The van der Waals surface area contributed by atoms with Gasteiger partial charge in [-0.2, -0.15) is 0 Å². The zero-order chi connectivity index (χ0) is 21.2. The van der Waals surface area contributed by atoms with E-state index >= 15 is 0 Å². The number of carbonyl (C=O) groups is 1. The number of sulfonamides is 1. The predicted molar refractivity (Wildman–Crippen MR) is 104 cm³/mol. The lowest BCUT2D eigenvalue weighted by molar-refractivity contribution is -0.143. The Labute approximate surface area is 168 Å². The second kappa shape index (κ2) is 8.10. The second-order valence-electron chi connectivity index (χ2n) is 6.91. The van der Waals surface area contributed by atoms with Crippen molar-refractivity contribution in [1.82, 2.24) is 4.31 Å². The van der Waals surface area contributed by atoms with Gasteiger partial charge in [0.1, 0.15) is 22.2 Å². The standard InChI is InChI=1S/C20H22FNO6S/c1-22(11-14-7-9-15(27-2)10-8-14)29(25,26)18-12-28-13-20(18,19(23)24)16-5-3-4-6-17(16)21/h3-10,18H,11-13H2,1-2H3,(H,23,24). The lowest BCUT2D eigenvalue weighted by Gasteiger charge is -2.32. The van der Waals surface area contributed by atoms with Crippen LogP contribution in [0.4, 0.5) is 4.39 Å². The number of rotatable bonds is 7. The van der Waals surface area contributed by atoms with E-state index in [9.17, 15) is 22.7 Å². The van der Waals surface area contributed by atoms with Crippen LogP contribution >= 0.6 is 0 Å². The van der Waals surface area contributed by atoms with E-state index in [4.69, 9.17) is 9.47 Å². The topological polar surface area (TPSA) is 93.1 Å². The van der Waals surface area contributed by atoms with Crippen molar-refractivity contribution in [3.8, 4) is 5.75 Å². The van der Waals surface area contributed by atoms with Crippen molar-refractivity contribution in [2.24, 2.45) is 0 Å². The van der Waals surface area contributed by atoms with Crippen LogP contribution in [0.3, 0.4) is 0 Å². The molecule has 9 heteroatoms. The molecule has 7 nitrogen and oxygen atoms in total. The molecule has 0 aromatic heterocycles. The van der Waals surface area contributed by atoms with Gasteiger partial charge in [-0.3, -0.25) is 4.79 Å². The lowest BCUT2D eigenvalue weighted by atomic mass is 9.79. The molecule has 29 heavy (non-hydrogen) atoms. The van der Waals surface area contributed by atoms with Crippen molar-refractivity contribution in [3.05, 3.63) is 65.5 Å². The lowest BCUT2D eigenvalue weighted by Crippen LogP contribution is -2.53. The third-order valence-corrected chi connectivity index (χ3v) is 7.50. The summed E-state index contributed by atoms with van der Waals surface area (Å²) in [5.74, 6) is -1.59. The number of aliphatic carboxylic acids is 1. The average Bonchev–Trinajstić information content (AvgIpc) is 3.16. The van der Waals surface area contributed by atoms with Crippen LogP contribution in [0.2, 0.25) is 0 Å². The summed E-state index contributed by atoms with van der Waals surface area (Å²) < 4.78 is 52.5. The molecule has 0 aliphatic carbocycles. The summed E-state index contributed by atoms with van der Waals surface area (Å²) >= 11 is 0. The van der Waals surface area contributed by atoms with Crippen molar-refractivity contribution < 1.29 is 32.2 Å². The summed E-state index contributed by atoms with van der Waals surface area (Å²) in [7, 11) is -1.25. The van der Waals surface area contributed by atoms with Crippen LogP contribution in [0.5, 0.6) is 5.75 Å². The highest BCUT2D eigenvalue weighted by Crippen LogP contribution is 2.40. The van der Waals surface area contributed by atoms with Gasteiger partial charge in [0.05, 0.1) is 20.3 Å². The van der Waals surface area contributed by atoms with Crippen LogP contribution in [-0.2, 0) is 31.5 Å². The fourth-order valence-corrected chi connectivity index (χ4v) is 5.42. The Morgan fingerprint density at radius 1 is 1.28 bits per heavy atom. The van der Waals surface area contributed by atoms with Gasteiger partial charge in [-0.15, -0.1) is 0 Å². The van der Waals surface area contributed by atoms with E-state index in [2.05, 4.69) is 0 Å². The van der Waals surface area contributed by atoms with Gasteiger partial charge in [-0.05, 0) is 23.8 Å². The maximum Gasteiger partial charge on any atom is 0.318 e. The summed E-state index contributed by atoms with van der Waals surface area (Å²) in [6.45, 7) is -0.741. The number of nitrogens with zero attached hydrogens (tertiary/aromatic N) is 1. The van der Waals surface area contributed by atoms with Gasteiger partial charge in [0.25, 0.3) is 0 Å². The molecule has 0 spiro atoms. The summed E-state index contributed by atoms with van der Waals surface area (Å²) in [4.78, 5) is 12.2. The first kappa shape index (κ1) is 21.2. The molecule has 2 atom stereocenters. The molecule has 0 saturated carbocycles. The molecule has 1 aliphatic rings. The fourth-order valence-electron chi connectivity index (χ4n) is 3.59. The Kier molecular flexibility index (Phi) is 5.92. The Bertz CT molecular complexity index is 994. The third kappa shape index (κ3) is 3.73. The average molecular weight is 423 g/mol. The van der Waals surface area contributed by atoms with Crippen LogP contribution in [0.15, 0.2) is 48.5 Å². The molecule has 2 aromatic rings. The predicted octanol–water partition coefficient (Wildman–Crippen LogP) is 2.02. The number of methoxy groups -OCH3 is 1. The number of carboxylic acids is 1. The smallest absolute Gasteiger partial charge is 0.318 e. The third-order valence-electron chi connectivity index (χ3n) is 5.24. The maximum absolute atomic E-state index is 14.5. The SMILES string of the molecule is COc1ccc(CN(C)S(=O)(=O)C2COCC2(C(=O)O)c2ccccc2F)cc1. The van der Waals surface area contributed by atoms with Crippen molar-refractivity contribution in [1.29, 1.82) is 0 Å². The minimum absolute atomic E-state index is 0.0236. The zero-order valence-electron chi connectivity index (χ0n) is 16.0. The Balaban J connectivity index is 1.97. The van der Waals surface area contributed by atoms with Crippen LogP contribution in [0, 0.1) is 5.82 Å². The first-order valence-corrected chi connectivity index (χ1v) is 10.4. The second-order valence-corrected chi connectivity index (χ2v) is 9.13. The first-order chi connectivity index (χ1) is 13.7. The van der Waals surface area contributed by atoms with Gasteiger partial charge in [-0.25, -0.2) is 17.1 Å². The number of hydrogen-bond donors (Lipinski definition) is 1. The van der Waals surface area contributed by atoms with Gasteiger partial charge in [-0.1, -0.05) is 30.3 Å². The van der Waals surface area contributed by atoms with Crippen LogP contribution in [-0.4, -0.2) is 56.4 Å². The van der Waals surface area contributed by atoms with Gasteiger partial charge in [0.2, 0.25) is 10.0 Å². The fraction of sp³-hybridized carbons (Fsp3) is 0.350. The molecule has 2 unspecified atom stereocenters. The van der Waals surface area contributed by atoms with Crippen LogP contribution < -0.4 is 4.74 Å². The number of halogens is 1. The van der Waals surface area contributed by atoms with E-state index in [-0.39, 0.29) is 18.7 Å². The van der Waals surface area contributed by atoms with Gasteiger partial charge >= 0.3 is 5.97 Å². The van der Waals surface area contributed by atoms with Gasteiger partial charge in [0, 0.05) is 19.2 Å². The van der Waals surface area contributed by atoms with Crippen molar-refractivity contribution in [2.45, 2.75) is 17.2 Å². The number of ether oxygens (including phenoxy) is 2. The molecular weight excluding hydrogens is 401 g/mol. The van der Waals surface area contributed by atoms with E-state index in [1.54, 1.807) is 24.3 Å². The van der Waals surface area contributed by atoms with Crippen LogP contribution in [0.25, 0.3) is 0 Å². The van der Waals surface area contributed by atoms with E-state index in [1.807, 2.05) is 0 Å². The van der Waals surface area contributed by atoms with Gasteiger partial charge in [0.15, 0.2) is 0 Å². The Morgan fingerprint density at radius 3 is 2.52 bits per heavy atom. The molecule has 156 valence electrons. The normalized spacial score (nSPS) is 22.0. The molecule has 1 aliphatic heterocycles. The summed E-state index contributed by atoms with van der Waals surface area (Å²) in [5, 5.41) is 8.50. The Morgan fingerprint density at radius 2 is 1.93 bits per heavy atom. The minimum atomic E-state index is -4.14. The van der Waals surface area contributed by atoms with Crippen molar-refractivity contribution in [2.75, 3.05) is 27.4 Å². The molecule has 0 radical (unpaired) electrons. The molecule has 1 N–H and O–H groups in total. The summed E-state index contributed by atoms with van der Waals surface area (Å²) in [6, 6.07) is 12.2. The molecule has 1 saturated heterocycles. The summed E-state index contributed by atoms with van der Waals surface area (Å²) in [5.41, 5.74) is -1.53. The highest BCUT2D eigenvalue weighted by Gasteiger charge is 2.59. The monoisotopic (exact) mass is 423 g/mol. The van der Waals surface area contributed by atoms with Crippen molar-refractivity contribution in [3.63, 3.8) is 0 Å². The number of hydrogen-bond acceptors (Lipinski definition) is 5.